The Morgan fingerprint density at radius 3 is 2.71 bits per heavy atom. The van der Waals surface area contributed by atoms with Gasteiger partial charge in [0, 0.05) is 37.1 Å². The first-order valence-electron chi connectivity index (χ1n) is 14.5. The van der Waals surface area contributed by atoms with Crippen LogP contribution in [0.3, 0.4) is 0 Å². The Balaban J connectivity index is 1.53. The molecule has 2 saturated heterocycles. The van der Waals surface area contributed by atoms with Crippen molar-refractivity contribution in [1.29, 1.82) is 5.26 Å². The second-order valence-corrected chi connectivity index (χ2v) is 11.3. The number of nitrogens with zero attached hydrogens (tertiary/aromatic N) is 7. The lowest BCUT2D eigenvalue weighted by molar-refractivity contribution is 0.188. The Morgan fingerprint density at radius 1 is 1.17 bits per heavy atom. The first-order valence-corrected chi connectivity index (χ1v) is 14.5. The van der Waals surface area contributed by atoms with Crippen LogP contribution in [0, 0.1) is 18.3 Å². The summed E-state index contributed by atoms with van der Waals surface area (Å²) in [4.78, 5) is 33.2. The van der Waals surface area contributed by atoms with Crippen molar-refractivity contribution in [1.82, 2.24) is 29.7 Å². The normalized spacial score (nSPS) is 19.3. The number of nitriles is 1. The van der Waals surface area contributed by atoms with Crippen LogP contribution in [0.2, 0.25) is 0 Å². The summed E-state index contributed by atoms with van der Waals surface area (Å²) in [5, 5.41) is 14.7. The van der Waals surface area contributed by atoms with E-state index in [0.29, 0.717) is 49.8 Å². The number of benzene rings is 2. The van der Waals surface area contributed by atoms with Crippen molar-refractivity contribution >= 4 is 33.2 Å². The number of likely N-dealkylation sites (N-methyl/N-ethyl adjacent to an activating group) is 1. The smallest absolute Gasteiger partial charge is 0.319 e. The second kappa shape index (κ2) is 11.5. The van der Waals surface area contributed by atoms with E-state index in [1.165, 1.54) is 0 Å². The van der Waals surface area contributed by atoms with E-state index in [2.05, 4.69) is 39.8 Å². The van der Waals surface area contributed by atoms with Gasteiger partial charge >= 0.3 is 6.01 Å². The Bertz CT molecular complexity index is 1770. The lowest BCUT2D eigenvalue weighted by Gasteiger charge is -2.34. The molecular weight excluding hydrogens is 528 g/mol. The maximum Gasteiger partial charge on any atom is 0.319 e. The molecule has 6 rings (SSSR count). The summed E-state index contributed by atoms with van der Waals surface area (Å²) >= 11 is 0. The molecule has 2 aliphatic rings. The molecular formula is C32H36N8O2. The fraction of sp³-hybridized carbons (Fsp3) is 0.406. The molecule has 4 aromatic rings. The fourth-order valence-corrected chi connectivity index (χ4v) is 6.20. The van der Waals surface area contributed by atoms with Crippen LogP contribution in [0.5, 0.6) is 6.01 Å². The molecule has 2 aromatic carbocycles. The van der Waals surface area contributed by atoms with Crippen LogP contribution in [0.4, 0.5) is 5.82 Å². The van der Waals surface area contributed by atoms with Crippen LogP contribution in [0.25, 0.3) is 33.1 Å². The van der Waals surface area contributed by atoms with Gasteiger partial charge < -0.3 is 19.9 Å². The number of allylic oxidation sites excluding steroid dienone is 1. The van der Waals surface area contributed by atoms with Crippen LogP contribution < -0.4 is 20.5 Å². The average molecular weight is 565 g/mol. The third kappa shape index (κ3) is 5.10. The van der Waals surface area contributed by atoms with Crippen LogP contribution in [0.15, 0.2) is 47.8 Å². The summed E-state index contributed by atoms with van der Waals surface area (Å²) in [5.41, 5.74) is 2.99. The van der Waals surface area contributed by atoms with E-state index in [-0.39, 0.29) is 29.2 Å². The molecule has 2 atom stereocenters. The standard InChI is InChI=1S/C32H36N8O2/c1-20(2)25-11-5-8-22-9-6-12-26(27(22)25)40-21(3)35-28-29(31(40)41)36-32(42-19-24-10-7-16-38(24)4)37-30(28)39-17-15-34-23(18-39)13-14-33/h5-6,8-9,11-12,23-24,34H,1,7,10,13,15-19H2,2-4H3. The van der Waals surface area contributed by atoms with Gasteiger partial charge in [-0.1, -0.05) is 42.5 Å². The first-order chi connectivity index (χ1) is 20.4. The average Bonchev–Trinajstić information content (AvgIpc) is 3.40. The largest absolute Gasteiger partial charge is 0.462 e. The minimum atomic E-state index is -0.281. The topological polar surface area (TPSA) is 112 Å². The zero-order valence-corrected chi connectivity index (χ0v) is 24.4. The maximum absolute atomic E-state index is 14.4. The predicted octanol–water partition coefficient (Wildman–Crippen LogP) is 3.84. The number of hydrogen-bond donors (Lipinski definition) is 1. The molecule has 0 aliphatic carbocycles. The molecule has 1 N–H and O–H groups in total. The van der Waals surface area contributed by atoms with E-state index in [0.717, 1.165) is 47.0 Å². The molecule has 0 spiro atoms. The van der Waals surface area contributed by atoms with Crippen molar-refractivity contribution in [3.63, 3.8) is 0 Å². The highest BCUT2D eigenvalue weighted by molar-refractivity contribution is 5.99. The summed E-state index contributed by atoms with van der Waals surface area (Å²) in [5.74, 6) is 1.10. The van der Waals surface area contributed by atoms with Gasteiger partial charge in [0.1, 0.15) is 17.9 Å². The monoisotopic (exact) mass is 564 g/mol. The highest BCUT2D eigenvalue weighted by Crippen LogP contribution is 2.31. The van der Waals surface area contributed by atoms with E-state index in [1.54, 1.807) is 4.57 Å². The summed E-state index contributed by atoms with van der Waals surface area (Å²) < 4.78 is 7.82. The number of rotatable bonds is 7. The van der Waals surface area contributed by atoms with Gasteiger partial charge in [-0.3, -0.25) is 9.36 Å². The number of likely N-dealkylation sites (tertiary alicyclic amines) is 1. The quantitative estimate of drug-likeness (QED) is 0.358. The van der Waals surface area contributed by atoms with Gasteiger partial charge in [0.05, 0.1) is 18.2 Å². The number of ether oxygens (including phenoxy) is 1. The SMILES string of the molecule is C=C(C)c1cccc2cccc(-n3c(C)nc4c(N5CCNC(CC#N)C5)nc(OCC5CCCN5C)nc4c3=O)c12. The number of anilines is 1. The Kier molecular flexibility index (Phi) is 7.62. The minimum absolute atomic E-state index is 0.0111. The summed E-state index contributed by atoms with van der Waals surface area (Å²) in [6.45, 7) is 11.4. The van der Waals surface area contributed by atoms with Gasteiger partial charge in [-0.15, -0.1) is 0 Å². The number of hydrogen-bond acceptors (Lipinski definition) is 9. The van der Waals surface area contributed by atoms with Gasteiger partial charge in [-0.05, 0) is 57.3 Å². The summed E-state index contributed by atoms with van der Waals surface area (Å²) in [7, 11) is 2.10. The molecule has 10 nitrogen and oxygen atoms in total. The maximum atomic E-state index is 14.4. The van der Waals surface area contributed by atoms with Crippen molar-refractivity contribution in [2.75, 3.05) is 44.7 Å². The first kappa shape index (κ1) is 27.8. The van der Waals surface area contributed by atoms with Crippen molar-refractivity contribution in [2.24, 2.45) is 0 Å². The molecule has 42 heavy (non-hydrogen) atoms. The van der Waals surface area contributed by atoms with Crippen LogP contribution in [0.1, 0.15) is 37.6 Å². The number of piperazine rings is 1. The molecule has 216 valence electrons. The Labute approximate surface area is 245 Å². The third-order valence-electron chi connectivity index (χ3n) is 8.40. The van der Waals surface area contributed by atoms with E-state index in [4.69, 9.17) is 14.7 Å². The van der Waals surface area contributed by atoms with E-state index >= 15 is 0 Å². The highest BCUT2D eigenvalue weighted by atomic mass is 16.5. The lowest BCUT2D eigenvalue weighted by atomic mass is 9.98. The lowest BCUT2D eigenvalue weighted by Crippen LogP contribution is -2.51. The molecule has 2 aliphatic heterocycles. The van der Waals surface area contributed by atoms with Gasteiger partial charge in [0.15, 0.2) is 11.3 Å². The fourth-order valence-electron chi connectivity index (χ4n) is 6.20. The molecule has 2 aromatic heterocycles. The molecule has 2 unspecified atom stereocenters. The van der Waals surface area contributed by atoms with Crippen LogP contribution in [-0.2, 0) is 0 Å². The van der Waals surface area contributed by atoms with Gasteiger partial charge in [-0.25, -0.2) is 4.98 Å². The predicted molar refractivity (Wildman–Crippen MR) is 165 cm³/mol. The van der Waals surface area contributed by atoms with E-state index in [9.17, 15) is 10.1 Å². The van der Waals surface area contributed by atoms with Crippen LogP contribution >= 0.6 is 0 Å². The molecule has 2 fully saturated rings. The molecule has 10 heteroatoms. The van der Waals surface area contributed by atoms with Gasteiger partial charge in [-0.2, -0.15) is 15.2 Å². The van der Waals surface area contributed by atoms with Crippen molar-refractivity contribution in [2.45, 2.75) is 45.2 Å². The van der Waals surface area contributed by atoms with Gasteiger partial charge in [0.2, 0.25) is 0 Å². The highest BCUT2D eigenvalue weighted by Gasteiger charge is 2.27. The third-order valence-corrected chi connectivity index (χ3v) is 8.40. The zero-order chi connectivity index (χ0) is 29.4. The number of fused-ring (bicyclic) bond motifs is 2. The number of nitrogens with one attached hydrogen (secondary N) is 1. The van der Waals surface area contributed by atoms with E-state index in [1.807, 2.05) is 50.2 Å². The summed E-state index contributed by atoms with van der Waals surface area (Å²) in [6, 6.07) is 14.7. The summed E-state index contributed by atoms with van der Waals surface area (Å²) in [6.07, 6.45) is 2.55. The number of aryl methyl sites for hydroxylation is 1. The zero-order valence-electron chi connectivity index (χ0n) is 24.4. The second-order valence-electron chi connectivity index (χ2n) is 11.3. The molecule has 0 amide bonds. The van der Waals surface area contributed by atoms with Crippen molar-refractivity contribution < 1.29 is 4.74 Å². The van der Waals surface area contributed by atoms with E-state index < -0.39 is 0 Å². The Hall–Kier alpha value is -4.33. The van der Waals surface area contributed by atoms with Crippen molar-refractivity contribution in [3.05, 3.63) is 64.7 Å². The van der Waals surface area contributed by atoms with Crippen molar-refractivity contribution in [3.8, 4) is 17.8 Å². The molecule has 0 radical (unpaired) electrons. The van der Waals surface area contributed by atoms with Gasteiger partial charge in [0.25, 0.3) is 5.56 Å². The Morgan fingerprint density at radius 2 is 1.98 bits per heavy atom. The number of aromatic nitrogens is 4. The minimum Gasteiger partial charge on any atom is -0.462 e. The molecule has 0 saturated carbocycles. The molecule has 4 heterocycles. The van der Waals surface area contributed by atoms with Crippen LogP contribution in [-0.4, -0.2) is 76.3 Å². The molecule has 0 bridgehead atoms.